The molecule has 5 heteroatoms. The van der Waals surface area contributed by atoms with E-state index in [1.165, 1.54) is 0 Å². The van der Waals surface area contributed by atoms with Gasteiger partial charge in [0.2, 0.25) is 0 Å². The zero-order valence-electron chi connectivity index (χ0n) is 12.5. The standard InChI is InChI=1S/C14H28N2O3/c1-4-8-16(13-6-7-15-11-13)14(17)12(3)19-10-9-18-5-2/h12-13,15H,4-11H2,1-3H3. The lowest BCUT2D eigenvalue weighted by Gasteiger charge is -2.30. The molecule has 2 unspecified atom stereocenters. The van der Waals surface area contributed by atoms with Gasteiger partial charge in [-0.3, -0.25) is 4.79 Å². The van der Waals surface area contributed by atoms with Gasteiger partial charge in [-0.1, -0.05) is 6.92 Å². The van der Waals surface area contributed by atoms with Gasteiger partial charge in [0.25, 0.3) is 5.91 Å². The van der Waals surface area contributed by atoms with Crippen molar-refractivity contribution in [2.24, 2.45) is 0 Å². The third-order valence-corrected chi connectivity index (χ3v) is 3.37. The molecule has 1 rings (SSSR count). The lowest BCUT2D eigenvalue weighted by molar-refractivity contribution is -0.145. The minimum atomic E-state index is -0.382. The molecule has 1 aliphatic heterocycles. The Morgan fingerprint density at radius 1 is 1.42 bits per heavy atom. The molecule has 0 aliphatic carbocycles. The second-order valence-electron chi connectivity index (χ2n) is 4.89. The molecule has 0 aromatic heterocycles. The van der Waals surface area contributed by atoms with Crippen molar-refractivity contribution < 1.29 is 14.3 Å². The largest absolute Gasteiger partial charge is 0.379 e. The lowest BCUT2D eigenvalue weighted by atomic mass is 10.2. The van der Waals surface area contributed by atoms with Gasteiger partial charge in [0.15, 0.2) is 0 Å². The normalized spacial score (nSPS) is 20.5. The van der Waals surface area contributed by atoms with Crippen LogP contribution in [0.5, 0.6) is 0 Å². The fourth-order valence-corrected chi connectivity index (χ4v) is 2.35. The average molecular weight is 272 g/mol. The predicted molar refractivity (Wildman–Crippen MR) is 75.2 cm³/mol. The van der Waals surface area contributed by atoms with Crippen LogP contribution in [0.15, 0.2) is 0 Å². The molecule has 0 aromatic carbocycles. The maximum atomic E-state index is 12.4. The summed E-state index contributed by atoms with van der Waals surface area (Å²) < 4.78 is 10.8. The monoisotopic (exact) mass is 272 g/mol. The first-order valence-corrected chi connectivity index (χ1v) is 7.41. The topological polar surface area (TPSA) is 50.8 Å². The van der Waals surface area contributed by atoms with Crippen LogP contribution in [0.2, 0.25) is 0 Å². The highest BCUT2D eigenvalue weighted by Gasteiger charge is 2.29. The minimum absolute atomic E-state index is 0.104. The highest BCUT2D eigenvalue weighted by molar-refractivity contribution is 5.81. The SMILES string of the molecule is CCCN(C(=O)C(C)OCCOCC)C1CCNC1. The maximum Gasteiger partial charge on any atom is 0.251 e. The minimum Gasteiger partial charge on any atom is -0.379 e. The third kappa shape index (κ3) is 5.47. The summed E-state index contributed by atoms with van der Waals surface area (Å²) in [5.41, 5.74) is 0. The Labute approximate surface area is 116 Å². The molecule has 0 bridgehead atoms. The molecule has 1 saturated heterocycles. The van der Waals surface area contributed by atoms with E-state index in [1.54, 1.807) is 0 Å². The molecule has 19 heavy (non-hydrogen) atoms. The van der Waals surface area contributed by atoms with Gasteiger partial charge >= 0.3 is 0 Å². The highest BCUT2D eigenvalue weighted by atomic mass is 16.5. The van der Waals surface area contributed by atoms with Crippen molar-refractivity contribution in [2.75, 3.05) is 39.5 Å². The molecule has 0 saturated carbocycles. The van der Waals surface area contributed by atoms with E-state index in [9.17, 15) is 4.79 Å². The van der Waals surface area contributed by atoms with E-state index < -0.39 is 0 Å². The van der Waals surface area contributed by atoms with Crippen LogP contribution >= 0.6 is 0 Å². The number of hydrogen-bond acceptors (Lipinski definition) is 4. The number of carbonyl (C=O) groups is 1. The number of ether oxygens (including phenoxy) is 2. The van der Waals surface area contributed by atoms with Gasteiger partial charge in [0.05, 0.1) is 13.2 Å². The van der Waals surface area contributed by atoms with Gasteiger partial charge in [-0.2, -0.15) is 0 Å². The van der Waals surface area contributed by atoms with E-state index in [0.717, 1.165) is 32.5 Å². The smallest absolute Gasteiger partial charge is 0.251 e. The van der Waals surface area contributed by atoms with Crippen molar-refractivity contribution in [3.8, 4) is 0 Å². The van der Waals surface area contributed by atoms with Crippen molar-refractivity contribution in [3.63, 3.8) is 0 Å². The Morgan fingerprint density at radius 2 is 2.21 bits per heavy atom. The Morgan fingerprint density at radius 3 is 2.79 bits per heavy atom. The zero-order chi connectivity index (χ0) is 14.1. The molecule has 2 atom stereocenters. The van der Waals surface area contributed by atoms with Gasteiger partial charge in [-0.15, -0.1) is 0 Å². The summed E-state index contributed by atoms with van der Waals surface area (Å²) in [6, 6.07) is 0.324. The molecule has 1 amide bonds. The van der Waals surface area contributed by atoms with Crippen molar-refractivity contribution >= 4 is 5.91 Å². The molecule has 0 aromatic rings. The van der Waals surface area contributed by atoms with E-state index in [4.69, 9.17) is 9.47 Å². The first-order valence-electron chi connectivity index (χ1n) is 7.41. The number of rotatable bonds is 9. The van der Waals surface area contributed by atoms with E-state index >= 15 is 0 Å². The Balaban J connectivity index is 2.40. The van der Waals surface area contributed by atoms with Crippen molar-refractivity contribution in [1.82, 2.24) is 10.2 Å². The van der Waals surface area contributed by atoms with Crippen LogP contribution in [-0.2, 0) is 14.3 Å². The Bertz CT molecular complexity index is 255. The van der Waals surface area contributed by atoms with Gasteiger partial charge in [-0.05, 0) is 33.2 Å². The fraction of sp³-hybridized carbons (Fsp3) is 0.929. The van der Waals surface area contributed by atoms with Crippen LogP contribution in [0.3, 0.4) is 0 Å². The van der Waals surface area contributed by atoms with Crippen molar-refractivity contribution in [3.05, 3.63) is 0 Å². The fourth-order valence-electron chi connectivity index (χ4n) is 2.35. The number of nitrogens with zero attached hydrogens (tertiary/aromatic N) is 1. The summed E-state index contributed by atoms with van der Waals surface area (Å²) >= 11 is 0. The van der Waals surface area contributed by atoms with Crippen LogP contribution in [0.1, 0.15) is 33.6 Å². The van der Waals surface area contributed by atoms with E-state index in [1.807, 2.05) is 18.7 Å². The summed E-state index contributed by atoms with van der Waals surface area (Å²) in [6.07, 6.45) is 1.64. The van der Waals surface area contributed by atoms with Gasteiger partial charge in [-0.25, -0.2) is 0 Å². The van der Waals surface area contributed by atoms with Gasteiger partial charge in [0.1, 0.15) is 6.10 Å². The van der Waals surface area contributed by atoms with Gasteiger partial charge in [0, 0.05) is 25.7 Å². The van der Waals surface area contributed by atoms with Crippen LogP contribution in [-0.4, -0.2) is 62.4 Å². The molecule has 1 aliphatic rings. The summed E-state index contributed by atoms with van der Waals surface area (Å²) in [6.45, 7) is 10.3. The van der Waals surface area contributed by atoms with E-state index in [0.29, 0.717) is 25.9 Å². The van der Waals surface area contributed by atoms with Crippen LogP contribution in [0.25, 0.3) is 0 Å². The lowest BCUT2D eigenvalue weighted by Crippen LogP contribution is -2.47. The van der Waals surface area contributed by atoms with Crippen LogP contribution in [0.4, 0.5) is 0 Å². The van der Waals surface area contributed by atoms with Crippen LogP contribution < -0.4 is 5.32 Å². The average Bonchev–Trinajstić information content (AvgIpc) is 2.93. The number of amides is 1. The molecule has 1 fully saturated rings. The molecule has 0 spiro atoms. The van der Waals surface area contributed by atoms with E-state index in [-0.39, 0.29) is 12.0 Å². The second-order valence-corrected chi connectivity index (χ2v) is 4.89. The summed E-state index contributed by atoms with van der Waals surface area (Å²) in [5.74, 6) is 0.104. The van der Waals surface area contributed by atoms with Gasteiger partial charge < -0.3 is 19.7 Å². The number of carbonyl (C=O) groups excluding carboxylic acids is 1. The zero-order valence-corrected chi connectivity index (χ0v) is 12.5. The molecular weight excluding hydrogens is 244 g/mol. The summed E-state index contributed by atoms with van der Waals surface area (Å²) in [4.78, 5) is 14.4. The van der Waals surface area contributed by atoms with Crippen molar-refractivity contribution in [2.45, 2.75) is 45.8 Å². The van der Waals surface area contributed by atoms with Crippen LogP contribution in [0, 0.1) is 0 Å². The Kier molecular flexibility index (Phi) is 8.02. The molecule has 1 heterocycles. The quantitative estimate of drug-likeness (QED) is 0.637. The van der Waals surface area contributed by atoms with E-state index in [2.05, 4.69) is 12.2 Å². The first-order chi connectivity index (χ1) is 9.20. The predicted octanol–water partition coefficient (Wildman–Crippen LogP) is 1.03. The molecular formula is C14H28N2O3. The maximum absolute atomic E-state index is 12.4. The molecule has 0 radical (unpaired) electrons. The Hall–Kier alpha value is -0.650. The summed E-state index contributed by atoms with van der Waals surface area (Å²) in [5, 5.41) is 3.31. The van der Waals surface area contributed by atoms with Crippen molar-refractivity contribution in [1.29, 1.82) is 0 Å². The summed E-state index contributed by atoms with van der Waals surface area (Å²) in [7, 11) is 0. The molecule has 1 N–H and O–H groups in total. The molecule has 112 valence electrons. The molecule has 5 nitrogen and oxygen atoms in total. The first kappa shape index (κ1) is 16.4. The number of hydrogen-bond donors (Lipinski definition) is 1. The third-order valence-electron chi connectivity index (χ3n) is 3.37. The second kappa shape index (κ2) is 9.28. The highest BCUT2D eigenvalue weighted by Crippen LogP contribution is 2.12. The number of nitrogens with one attached hydrogen (secondary N) is 1.